The van der Waals surface area contributed by atoms with E-state index in [0.29, 0.717) is 6.61 Å². The van der Waals surface area contributed by atoms with E-state index < -0.39 is 0 Å². The third kappa shape index (κ3) is 3.38. The maximum absolute atomic E-state index is 5.53. The molecule has 1 aromatic carbocycles. The first-order valence-corrected chi connectivity index (χ1v) is 9.17. The SMILES string of the molecule is CCOc1ccc2nc(NCC3CCSCC3)sc2c1. The number of anilines is 1. The minimum Gasteiger partial charge on any atom is -0.494 e. The molecule has 2 heterocycles. The average Bonchev–Trinajstić information content (AvgIpc) is 2.89. The van der Waals surface area contributed by atoms with Gasteiger partial charge in [0.1, 0.15) is 5.75 Å². The van der Waals surface area contributed by atoms with Crippen LogP contribution in [0.4, 0.5) is 5.13 Å². The van der Waals surface area contributed by atoms with Gasteiger partial charge in [0.2, 0.25) is 0 Å². The van der Waals surface area contributed by atoms with E-state index in [1.54, 1.807) is 11.3 Å². The molecule has 1 aliphatic rings. The van der Waals surface area contributed by atoms with Gasteiger partial charge in [0.25, 0.3) is 0 Å². The fourth-order valence-electron chi connectivity index (χ4n) is 2.42. The number of hydrogen-bond donors (Lipinski definition) is 1. The summed E-state index contributed by atoms with van der Waals surface area (Å²) in [5.74, 6) is 4.36. The summed E-state index contributed by atoms with van der Waals surface area (Å²) in [4.78, 5) is 4.64. The molecule has 108 valence electrons. The molecule has 20 heavy (non-hydrogen) atoms. The number of thioether (sulfide) groups is 1. The molecule has 0 radical (unpaired) electrons. The third-order valence-corrected chi connectivity index (χ3v) is 5.58. The van der Waals surface area contributed by atoms with Gasteiger partial charge in [0.05, 0.1) is 16.8 Å². The smallest absolute Gasteiger partial charge is 0.183 e. The highest BCUT2D eigenvalue weighted by Gasteiger charge is 2.14. The van der Waals surface area contributed by atoms with Gasteiger partial charge in [-0.1, -0.05) is 11.3 Å². The molecule has 1 aliphatic heterocycles. The molecule has 0 amide bonds. The number of benzene rings is 1. The summed E-state index contributed by atoms with van der Waals surface area (Å²) in [6.45, 7) is 3.76. The van der Waals surface area contributed by atoms with Crippen molar-refractivity contribution in [1.29, 1.82) is 0 Å². The number of nitrogens with zero attached hydrogens (tertiary/aromatic N) is 1. The van der Waals surface area contributed by atoms with Crippen LogP contribution in [0.5, 0.6) is 5.75 Å². The number of nitrogens with one attached hydrogen (secondary N) is 1. The van der Waals surface area contributed by atoms with Gasteiger partial charge in [0, 0.05) is 6.54 Å². The molecule has 1 fully saturated rings. The van der Waals surface area contributed by atoms with Crippen molar-refractivity contribution in [3.63, 3.8) is 0 Å². The fourth-order valence-corrected chi connectivity index (χ4v) is 4.52. The first-order chi connectivity index (χ1) is 9.85. The standard InChI is InChI=1S/C15H20N2OS2/c1-2-18-12-3-4-13-14(9-12)20-15(17-13)16-10-11-5-7-19-8-6-11/h3-4,9,11H,2,5-8,10H2,1H3,(H,16,17). The lowest BCUT2D eigenvalue weighted by Gasteiger charge is -2.21. The molecule has 3 rings (SSSR count). The number of ether oxygens (including phenoxy) is 1. The lowest BCUT2D eigenvalue weighted by molar-refractivity contribution is 0.341. The zero-order valence-electron chi connectivity index (χ0n) is 11.7. The van der Waals surface area contributed by atoms with E-state index in [1.807, 2.05) is 19.1 Å². The first kappa shape index (κ1) is 14.0. The lowest BCUT2D eigenvalue weighted by Crippen LogP contribution is -2.18. The highest BCUT2D eigenvalue weighted by atomic mass is 32.2. The number of rotatable bonds is 5. The van der Waals surface area contributed by atoms with Gasteiger partial charge < -0.3 is 10.1 Å². The van der Waals surface area contributed by atoms with Crippen molar-refractivity contribution < 1.29 is 4.74 Å². The molecule has 0 atom stereocenters. The van der Waals surface area contributed by atoms with Crippen LogP contribution in [0.15, 0.2) is 18.2 Å². The summed E-state index contributed by atoms with van der Waals surface area (Å²) < 4.78 is 6.73. The van der Waals surface area contributed by atoms with Gasteiger partial charge in [-0.3, -0.25) is 0 Å². The Morgan fingerprint density at radius 3 is 3.00 bits per heavy atom. The van der Waals surface area contributed by atoms with Crippen LogP contribution in [0.2, 0.25) is 0 Å². The summed E-state index contributed by atoms with van der Waals surface area (Å²) in [7, 11) is 0. The van der Waals surface area contributed by atoms with Crippen LogP contribution in [0.1, 0.15) is 19.8 Å². The second kappa shape index (κ2) is 6.68. The Bertz CT molecular complexity index is 564. The van der Waals surface area contributed by atoms with Gasteiger partial charge in [-0.25, -0.2) is 4.98 Å². The Kier molecular flexibility index (Phi) is 4.68. The molecule has 0 aliphatic carbocycles. The molecule has 3 nitrogen and oxygen atoms in total. The highest BCUT2D eigenvalue weighted by Crippen LogP contribution is 2.30. The van der Waals surface area contributed by atoms with Gasteiger partial charge >= 0.3 is 0 Å². The molecular formula is C15H20N2OS2. The molecule has 1 aromatic heterocycles. The summed E-state index contributed by atoms with van der Waals surface area (Å²) in [6, 6.07) is 6.12. The number of hydrogen-bond acceptors (Lipinski definition) is 5. The molecular weight excluding hydrogens is 288 g/mol. The normalized spacial score (nSPS) is 16.4. The van der Waals surface area contributed by atoms with Crippen molar-refractivity contribution in [2.24, 2.45) is 5.92 Å². The van der Waals surface area contributed by atoms with E-state index in [2.05, 4.69) is 28.1 Å². The minimum absolute atomic E-state index is 0.703. The molecule has 1 N–H and O–H groups in total. The summed E-state index contributed by atoms with van der Waals surface area (Å²) in [6.07, 6.45) is 2.66. The highest BCUT2D eigenvalue weighted by molar-refractivity contribution is 7.99. The van der Waals surface area contributed by atoms with Crippen molar-refractivity contribution in [3.05, 3.63) is 18.2 Å². The van der Waals surface area contributed by atoms with E-state index in [1.165, 1.54) is 29.0 Å². The quantitative estimate of drug-likeness (QED) is 0.895. The van der Waals surface area contributed by atoms with Gasteiger partial charge in [0.15, 0.2) is 5.13 Å². The van der Waals surface area contributed by atoms with Crippen molar-refractivity contribution in [2.45, 2.75) is 19.8 Å². The van der Waals surface area contributed by atoms with Gasteiger partial charge in [-0.05, 0) is 55.4 Å². The van der Waals surface area contributed by atoms with E-state index >= 15 is 0 Å². The van der Waals surface area contributed by atoms with Crippen LogP contribution >= 0.6 is 23.1 Å². The number of fused-ring (bicyclic) bond motifs is 1. The Hall–Kier alpha value is -0.940. The molecule has 1 saturated heterocycles. The molecule has 0 saturated carbocycles. The Morgan fingerprint density at radius 1 is 1.35 bits per heavy atom. The first-order valence-electron chi connectivity index (χ1n) is 7.20. The van der Waals surface area contributed by atoms with Crippen LogP contribution in [0.25, 0.3) is 10.2 Å². The minimum atomic E-state index is 0.703. The van der Waals surface area contributed by atoms with Crippen LogP contribution in [0.3, 0.4) is 0 Å². The zero-order chi connectivity index (χ0) is 13.8. The second-order valence-electron chi connectivity index (χ2n) is 5.02. The van der Waals surface area contributed by atoms with Crippen molar-refractivity contribution in [3.8, 4) is 5.75 Å². The largest absolute Gasteiger partial charge is 0.494 e. The van der Waals surface area contributed by atoms with E-state index in [-0.39, 0.29) is 0 Å². The molecule has 0 bridgehead atoms. The third-order valence-electron chi connectivity index (χ3n) is 3.55. The zero-order valence-corrected chi connectivity index (χ0v) is 13.4. The van der Waals surface area contributed by atoms with Crippen LogP contribution in [-0.4, -0.2) is 29.6 Å². The summed E-state index contributed by atoms with van der Waals surface area (Å²) in [5, 5.41) is 4.55. The van der Waals surface area contributed by atoms with Crippen LogP contribution in [0, 0.1) is 5.92 Å². The molecule has 0 unspecified atom stereocenters. The lowest BCUT2D eigenvalue weighted by atomic mass is 10.0. The Balaban J connectivity index is 1.65. The summed E-state index contributed by atoms with van der Waals surface area (Å²) >= 11 is 3.79. The predicted molar refractivity (Wildman–Crippen MR) is 89.3 cm³/mol. The van der Waals surface area contributed by atoms with E-state index in [9.17, 15) is 0 Å². The average molecular weight is 308 g/mol. The topological polar surface area (TPSA) is 34.1 Å². The van der Waals surface area contributed by atoms with Crippen LogP contribution in [-0.2, 0) is 0 Å². The maximum atomic E-state index is 5.53. The van der Waals surface area contributed by atoms with E-state index in [0.717, 1.165) is 28.9 Å². The number of thiazole rings is 1. The molecule has 0 spiro atoms. The monoisotopic (exact) mass is 308 g/mol. The molecule has 2 aromatic rings. The van der Waals surface area contributed by atoms with Gasteiger partial charge in [-0.2, -0.15) is 11.8 Å². The van der Waals surface area contributed by atoms with Crippen molar-refractivity contribution in [2.75, 3.05) is 30.0 Å². The van der Waals surface area contributed by atoms with Crippen molar-refractivity contribution in [1.82, 2.24) is 4.98 Å². The summed E-state index contributed by atoms with van der Waals surface area (Å²) in [5.41, 5.74) is 1.06. The molecule has 5 heteroatoms. The Morgan fingerprint density at radius 2 is 2.20 bits per heavy atom. The van der Waals surface area contributed by atoms with Crippen molar-refractivity contribution >= 4 is 38.4 Å². The Labute approximate surface area is 128 Å². The van der Waals surface area contributed by atoms with E-state index in [4.69, 9.17) is 4.74 Å². The number of aromatic nitrogens is 1. The predicted octanol–water partition coefficient (Wildman–Crippen LogP) is 4.25. The second-order valence-corrected chi connectivity index (χ2v) is 7.27. The maximum Gasteiger partial charge on any atom is 0.183 e. The van der Waals surface area contributed by atoms with Crippen LogP contribution < -0.4 is 10.1 Å². The van der Waals surface area contributed by atoms with Gasteiger partial charge in [-0.15, -0.1) is 0 Å². The fraction of sp³-hybridized carbons (Fsp3) is 0.533.